The first-order valence-electron chi connectivity index (χ1n) is 6.31. The number of rotatable bonds is 2. The minimum atomic E-state index is 0.937. The molecule has 0 aliphatic carbocycles. The van der Waals surface area contributed by atoms with E-state index in [1.165, 1.54) is 21.9 Å². The highest BCUT2D eigenvalue weighted by molar-refractivity contribution is 5.87. The highest BCUT2D eigenvalue weighted by Crippen LogP contribution is 2.24. The number of aryl methyl sites for hydroxylation is 2. The van der Waals surface area contributed by atoms with Gasteiger partial charge in [0.15, 0.2) is 0 Å². The fourth-order valence-corrected chi connectivity index (χ4v) is 2.22. The van der Waals surface area contributed by atoms with Crippen molar-refractivity contribution >= 4 is 10.8 Å². The quantitative estimate of drug-likeness (QED) is 0.713. The van der Waals surface area contributed by atoms with Crippen LogP contribution < -0.4 is 0 Å². The Hall–Kier alpha value is -2.09. The lowest BCUT2D eigenvalue weighted by atomic mass is 10.0. The minimum Gasteiger partial charge on any atom is -0.342 e. The van der Waals surface area contributed by atoms with E-state index in [1.807, 2.05) is 6.20 Å². The number of hydrogen-bond donors (Lipinski definition) is 1. The fraction of sp³-hybridized carbons (Fsp3) is 0.188. The second-order valence-corrected chi connectivity index (χ2v) is 4.66. The lowest BCUT2D eigenvalue weighted by Gasteiger charge is -2.03. The van der Waals surface area contributed by atoms with E-state index >= 15 is 0 Å². The predicted octanol–water partition coefficient (Wildman–Crippen LogP) is 4.10. The molecule has 1 aromatic heterocycles. The molecule has 3 rings (SSSR count). The molecular weight excluding hydrogens is 220 g/mol. The first-order valence-corrected chi connectivity index (χ1v) is 6.31. The van der Waals surface area contributed by atoms with Gasteiger partial charge in [0.25, 0.3) is 0 Å². The zero-order valence-electron chi connectivity index (χ0n) is 10.7. The largest absolute Gasteiger partial charge is 0.342 e. The van der Waals surface area contributed by atoms with Crippen LogP contribution in [0.1, 0.15) is 18.3 Å². The van der Waals surface area contributed by atoms with E-state index in [0.717, 1.165) is 17.9 Å². The van der Waals surface area contributed by atoms with Gasteiger partial charge in [0.1, 0.15) is 5.82 Å². The molecule has 0 bridgehead atoms. The summed E-state index contributed by atoms with van der Waals surface area (Å²) in [6, 6.07) is 13.1. The minimum absolute atomic E-state index is 0.937. The topological polar surface area (TPSA) is 28.7 Å². The summed E-state index contributed by atoms with van der Waals surface area (Å²) in [6.07, 6.45) is 2.85. The molecule has 0 saturated carbocycles. The number of aromatic amines is 1. The summed E-state index contributed by atoms with van der Waals surface area (Å²) in [7, 11) is 0. The maximum absolute atomic E-state index is 4.35. The summed E-state index contributed by atoms with van der Waals surface area (Å²) >= 11 is 0. The summed E-state index contributed by atoms with van der Waals surface area (Å²) in [5, 5.41) is 2.56. The highest BCUT2D eigenvalue weighted by Gasteiger charge is 2.03. The Morgan fingerprint density at radius 3 is 2.61 bits per heavy atom. The molecule has 2 nitrogen and oxygen atoms in total. The number of fused-ring (bicyclic) bond motifs is 1. The molecule has 0 unspecified atom stereocenters. The summed E-state index contributed by atoms with van der Waals surface area (Å²) in [4.78, 5) is 7.69. The van der Waals surface area contributed by atoms with Crippen LogP contribution >= 0.6 is 0 Å². The number of imidazole rings is 1. The van der Waals surface area contributed by atoms with Gasteiger partial charge in [-0.1, -0.05) is 42.8 Å². The molecular formula is C16H16N2. The summed E-state index contributed by atoms with van der Waals surface area (Å²) in [5.74, 6) is 1.04. The molecule has 1 N–H and O–H groups in total. The van der Waals surface area contributed by atoms with Crippen molar-refractivity contribution in [2.24, 2.45) is 0 Å². The Balaban J connectivity index is 2.10. The number of hydrogen-bond acceptors (Lipinski definition) is 1. The molecule has 90 valence electrons. The molecule has 0 atom stereocenters. The van der Waals surface area contributed by atoms with E-state index in [9.17, 15) is 0 Å². The Morgan fingerprint density at radius 2 is 1.83 bits per heavy atom. The third-order valence-corrected chi connectivity index (χ3v) is 3.27. The van der Waals surface area contributed by atoms with Gasteiger partial charge in [-0.3, -0.25) is 0 Å². The maximum Gasteiger partial charge on any atom is 0.106 e. The fourth-order valence-electron chi connectivity index (χ4n) is 2.22. The second-order valence-electron chi connectivity index (χ2n) is 4.66. The first-order chi connectivity index (χ1) is 8.76. The van der Waals surface area contributed by atoms with Gasteiger partial charge in [0.05, 0.1) is 11.9 Å². The monoisotopic (exact) mass is 236 g/mol. The standard InChI is InChI=1S/C16H16N2/c1-3-16-17-10-15(18-16)14-7-6-12-8-11(2)4-5-13(12)9-14/h4-10H,3H2,1-2H3,(H,17,18). The van der Waals surface area contributed by atoms with Gasteiger partial charge in [0.2, 0.25) is 0 Å². The van der Waals surface area contributed by atoms with Gasteiger partial charge in [-0.25, -0.2) is 4.98 Å². The van der Waals surface area contributed by atoms with Crippen molar-refractivity contribution in [1.82, 2.24) is 9.97 Å². The lowest BCUT2D eigenvalue weighted by Crippen LogP contribution is -1.83. The molecule has 1 heterocycles. The molecule has 0 aliphatic rings. The van der Waals surface area contributed by atoms with Gasteiger partial charge in [0, 0.05) is 12.0 Å². The summed E-state index contributed by atoms with van der Waals surface area (Å²) in [6.45, 7) is 4.22. The molecule has 2 heteroatoms. The van der Waals surface area contributed by atoms with E-state index < -0.39 is 0 Å². The maximum atomic E-state index is 4.35. The van der Waals surface area contributed by atoms with Gasteiger partial charge >= 0.3 is 0 Å². The van der Waals surface area contributed by atoms with Gasteiger partial charge in [-0.05, 0) is 23.8 Å². The Morgan fingerprint density at radius 1 is 1.06 bits per heavy atom. The average Bonchev–Trinajstić information content (AvgIpc) is 2.87. The molecule has 0 saturated heterocycles. The number of nitrogens with one attached hydrogen (secondary N) is 1. The van der Waals surface area contributed by atoms with Crippen molar-refractivity contribution < 1.29 is 0 Å². The molecule has 2 aromatic carbocycles. The van der Waals surface area contributed by atoms with Crippen LogP contribution in [0.15, 0.2) is 42.6 Å². The number of nitrogens with zero attached hydrogens (tertiary/aromatic N) is 1. The Kier molecular flexibility index (Phi) is 2.63. The van der Waals surface area contributed by atoms with Crippen molar-refractivity contribution in [2.75, 3.05) is 0 Å². The van der Waals surface area contributed by atoms with Crippen LogP contribution in [0.25, 0.3) is 22.0 Å². The van der Waals surface area contributed by atoms with Crippen LogP contribution in [0.2, 0.25) is 0 Å². The van der Waals surface area contributed by atoms with Crippen LogP contribution in [0.3, 0.4) is 0 Å². The smallest absolute Gasteiger partial charge is 0.106 e. The second kappa shape index (κ2) is 4.30. The number of benzene rings is 2. The third-order valence-electron chi connectivity index (χ3n) is 3.27. The molecule has 18 heavy (non-hydrogen) atoms. The third kappa shape index (κ3) is 1.90. The lowest BCUT2D eigenvalue weighted by molar-refractivity contribution is 0.991. The molecule has 3 aromatic rings. The van der Waals surface area contributed by atoms with E-state index in [0.29, 0.717) is 0 Å². The number of aromatic nitrogens is 2. The first kappa shape index (κ1) is 11.0. The Bertz CT molecular complexity index is 695. The molecule has 0 amide bonds. The Labute approximate surface area is 107 Å². The number of H-pyrrole nitrogens is 1. The van der Waals surface area contributed by atoms with Crippen molar-refractivity contribution in [2.45, 2.75) is 20.3 Å². The van der Waals surface area contributed by atoms with E-state index in [2.05, 4.69) is 60.2 Å². The van der Waals surface area contributed by atoms with Crippen LogP contribution in [0, 0.1) is 6.92 Å². The van der Waals surface area contributed by atoms with Crippen molar-refractivity contribution in [3.05, 3.63) is 54.0 Å². The van der Waals surface area contributed by atoms with Crippen LogP contribution in [-0.2, 0) is 6.42 Å². The SMILES string of the molecule is CCc1ncc(-c2ccc3cc(C)ccc3c2)[nH]1. The normalized spacial score (nSPS) is 11.0. The van der Waals surface area contributed by atoms with Gasteiger partial charge in [-0.15, -0.1) is 0 Å². The average molecular weight is 236 g/mol. The summed E-state index contributed by atoms with van der Waals surface area (Å²) in [5.41, 5.74) is 3.58. The van der Waals surface area contributed by atoms with E-state index in [1.54, 1.807) is 0 Å². The molecule has 0 aliphatic heterocycles. The predicted molar refractivity (Wildman–Crippen MR) is 75.6 cm³/mol. The molecule has 0 radical (unpaired) electrons. The van der Waals surface area contributed by atoms with Crippen LogP contribution in [-0.4, -0.2) is 9.97 Å². The van der Waals surface area contributed by atoms with Crippen LogP contribution in [0.5, 0.6) is 0 Å². The van der Waals surface area contributed by atoms with Crippen molar-refractivity contribution in [3.8, 4) is 11.3 Å². The zero-order valence-corrected chi connectivity index (χ0v) is 10.7. The zero-order chi connectivity index (χ0) is 12.5. The van der Waals surface area contributed by atoms with Crippen molar-refractivity contribution in [1.29, 1.82) is 0 Å². The summed E-state index contributed by atoms with van der Waals surface area (Å²) < 4.78 is 0. The van der Waals surface area contributed by atoms with E-state index in [4.69, 9.17) is 0 Å². The van der Waals surface area contributed by atoms with Crippen LogP contribution in [0.4, 0.5) is 0 Å². The van der Waals surface area contributed by atoms with Gasteiger partial charge < -0.3 is 4.98 Å². The highest BCUT2D eigenvalue weighted by atomic mass is 14.9. The molecule has 0 spiro atoms. The van der Waals surface area contributed by atoms with Crippen molar-refractivity contribution in [3.63, 3.8) is 0 Å². The molecule has 0 fully saturated rings. The van der Waals surface area contributed by atoms with E-state index in [-0.39, 0.29) is 0 Å². The van der Waals surface area contributed by atoms with Gasteiger partial charge in [-0.2, -0.15) is 0 Å².